The van der Waals surface area contributed by atoms with Crippen LogP contribution in [0.2, 0.25) is 0 Å². The van der Waals surface area contributed by atoms with Crippen LogP contribution in [0.4, 0.5) is 0 Å². The van der Waals surface area contributed by atoms with Crippen molar-refractivity contribution in [3.63, 3.8) is 0 Å². The number of hydrogen-bond donors (Lipinski definition) is 0. The van der Waals surface area contributed by atoms with Crippen molar-refractivity contribution in [2.75, 3.05) is 0 Å². The SMILES string of the molecule is CC(C)(C)c1cc(C(C)(C)C)c([C-]=PC(=PC(Br)=Pc2c(C(C)(C)C)cc(C(C)(C)C)cc2C(C)(C)C)c2c(C(C)(C)C)cc(C(C)(C)C)cc2C(C)(C)C)c(C(C)(C)C)c1.[Li+]. The zero-order valence-corrected chi connectivity index (χ0v) is 49.5. The fraction of sp³-hybridized carbons (Fsp3) is 0.632. The first kappa shape index (κ1) is 57.4. The molecule has 3 aromatic carbocycles. The molecule has 0 fully saturated rings. The van der Waals surface area contributed by atoms with Crippen LogP contribution in [0.5, 0.6) is 0 Å². The average molecular weight is 952 g/mol. The van der Waals surface area contributed by atoms with E-state index in [0.29, 0.717) is 0 Å². The molecule has 0 saturated heterocycles. The van der Waals surface area contributed by atoms with Gasteiger partial charge in [0.2, 0.25) is 0 Å². The van der Waals surface area contributed by atoms with E-state index in [4.69, 9.17) is 0 Å². The van der Waals surface area contributed by atoms with Crippen LogP contribution in [0.3, 0.4) is 0 Å². The summed E-state index contributed by atoms with van der Waals surface area (Å²) in [5, 5.41) is 2.82. The monoisotopic (exact) mass is 951 g/mol. The van der Waals surface area contributed by atoms with Crippen LogP contribution >= 0.6 is 40.5 Å². The molecule has 0 aliphatic carbocycles. The van der Waals surface area contributed by atoms with E-state index in [9.17, 15) is 0 Å². The van der Waals surface area contributed by atoms with Crippen LogP contribution in [0.15, 0.2) is 36.4 Å². The van der Waals surface area contributed by atoms with Gasteiger partial charge in [0.05, 0.1) is 3.94 Å². The summed E-state index contributed by atoms with van der Waals surface area (Å²) in [4.78, 5) is 0. The summed E-state index contributed by atoms with van der Waals surface area (Å²) in [5.74, 6) is 4.23. The number of hydrogen-bond acceptors (Lipinski definition) is 0. The minimum atomic E-state index is -0.0832. The van der Waals surface area contributed by atoms with Gasteiger partial charge in [-0.1, -0.05) is 228 Å². The van der Waals surface area contributed by atoms with Crippen LogP contribution in [0.25, 0.3) is 0 Å². The van der Waals surface area contributed by atoms with Crippen molar-refractivity contribution in [1.82, 2.24) is 0 Å². The van der Waals surface area contributed by atoms with Crippen molar-refractivity contribution in [2.24, 2.45) is 0 Å². The molecule has 3 rings (SSSR count). The van der Waals surface area contributed by atoms with E-state index >= 15 is 0 Å². The Hall–Kier alpha value is -0.753. The van der Waals surface area contributed by atoms with Crippen molar-refractivity contribution < 1.29 is 18.9 Å². The first-order chi connectivity index (χ1) is 26.9. The van der Waals surface area contributed by atoms with Crippen LogP contribution < -0.4 is 24.2 Å². The summed E-state index contributed by atoms with van der Waals surface area (Å²) in [5.41, 5.74) is 15.2. The third-order valence-electron chi connectivity index (χ3n) is 11.7. The molecule has 0 saturated carbocycles. The number of rotatable bonds is 5. The Morgan fingerprint density at radius 2 is 0.645 bits per heavy atom. The summed E-state index contributed by atoms with van der Waals surface area (Å²) in [6.45, 7) is 64.2. The quantitative estimate of drug-likeness (QED) is 0.136. The minimum Gasteiger partial charge on any atom is -0.180 e. The van der Waals surface area contributed by atoms with Crippen LogP contribution in [-0.2, 0) is 48.7 Å². The Bertz CT molecular complexity index is 2080. The number of benzene rings is 3. The van der Waals surface area contributed by atoms with Gasteiger partial charge in [0, 0.05) is 10.3 Å². The molecule has 338 valence electrons. The standard InChI is InChI=1S/C57H87BrP3.Li/c1-49(2,3)35-28-39(52(10,11)12)38(40(29-35)53(13,14)15)34-59-47(45-41(54(16,17)18)30-36(50(4,5)6)31-42(45)55(19,20)21)61-48(58)60-46-43(56(22,23)24)32-37(51(7,8)9)33-44(46)57(25,26)27;/h28-33H,1-27H3;/q-1;+1. The topological polar surface area (TPSA) is 0 Å². The Balaban J connectivity index is 0.0000132. The maximum Gasteiger partial charge on any atom is 1.00 e. The second-order valence-electron chi connectivity index (χ2n) is 27.1. The van der Waals surface area contributed by atoms with Gasteiger partial charge in [0.1, 0.15) is 0 Å². The van der Waals surface area contributed by atoms with Crippen molar-refractivity contribution in [3.8, 4) is 0 Å². The van der Waals surface area contributed by atoms with Crippen molar-refractivity contribution in [2.45, 2.75) is 236 Å². The van der Waals surface area contributed by atoms with Crippen molar-refractivity contribution >= 4 is 60.6 Å². The van der Waals surface area contributed by atoms with Gasteiger partial charge < -0.3 is 0 Å². The van der Waals surface area contributed by atoms with Crippen molar-refractivity contribution in [1.29, 1.82) is 0 Å². The van der Waals surface area contributed by atoms with Gasteiger partial charge in [-0.2, -0.15) is 5.56 Å². The number of halogens is 1. The van der Waals surface area contributed by atoms with Gasteiger partial charge in [-0.05, 0) is 109 Å². The molecule has 5 heteroatoms. The zero-order chi connectivity index (χ0) is 47.7. The summed E-state index contributed by atoms with van der Waals surface area (Å²) in [7, 11) is 3.51. The summed E-state index contributed by atoms with van der Waals surface area (Å²) >= 11 is 4.36. The van der Waals surface area contributed by atoms with E-state index in [0.717, 1.165) is 8.20 Å². The summed E-state index contributed by atoms with van der Waals surface area (Å²) < 4.78 is 1.27. The zero-order valence-electron chi connectivity index (χ0n) is 45.2. The molecular weight excluding hydrogens is 864 g/mol. The maximum absolute atomic E-state index is 4.36. The molecule has 0 amide bonds. The van der Waals surface area contributed by atoms with E-state index in [-0.39, 0.29) is 67.6 Å². The molecule has 0 N–H and O–H groups in total. The Kier molecular flexibility index (Phi) is 17.7. The van der Waals surface area contributed by atoms with E-state index in [1.165, 1.54) is 91.9 Å². The molecule has 0 atom stereocenters. The van der Waals surface area contributed by atoms with Crippen LogP contribution in [0.1, 0.15) is 248 Å². The third-order valence-corrected chi connectivity index (χ3v) is 16.3. The molecule has 0 nitrogen and oxygen atoms in total. The molecular formula is C57H87BrLiP3. The molecule has 0 unspecified atom stereocenters. The molecule has 0 heterocycles. The van der Waals surface area contributed by atoms with Gasteiger partial charge >= 0.3 is 18.9 Å². The molecule has 0 aliphatic heterocycles. The minimum absolute atomic E-state index is 0. The van der Waals surface area contributed by atoms with E-state index < -0.39 is 0 Å². The predicted octanol–water partition coefficient (Wildman–Crippen LogP) is 15.2. The Morgan fingerprint density at radius 1 is 0.387 bits per heavy atom. The second-order valence-corrected chi connectivity index (χ2v) is 33.0. The third kappa shape index (κ3) is 14.4. The van der Waals surface area contributed by atoms with E-state index in [2.05, 4.69) is 245 Å². The Labute approximate surface area is 409 Å². The maximum atomic E-state index is 4.36. The molecule has 0 spiro atoms. The fourth-order valence-corrected chi connectivity index (χ4v) is 13.4. The average Bonchev–Trinajstić information content (AvgIpc) is 3.01. The van der Waals surface area contributed by atoms with Gasteiger partial charge in [0.25, 0.3) is 0 Å². The molecule has 0 aliphatic rings. The van der Waals surface area contributed by atoms with Gasteiger partial charge in [-0.25, -0.2) is 0 Å². The molecule has 3 aromatic rings. The second kappa shape index (κ2) is 19.1. The van der Waals surface area contributed by atoms with Gasteiger partial charge in [-0.3, -0.25) is 0 Å². The first-order valence-corrected chi connectivity index (χ1v) is 26.2. The van der Waals surface area contributed by atoms with Gasteiger partial charge in [-0.15, -0.1) is 37.3 Å². The summed E-state index contributed by atoms with van der Waals surface area (Å²) in [6.07, 6.45) is 0. The van der Waals surface area contributed by atoms with Gasteiger partial charge in [0.15, 0.2) is 0 Å². The fourth-order valence-electron chi connectivity index (χ4n) is 7.66. The van der Waals surface area contributed by atoms with Crippen LogP contribution in [-0.4, -0.2) is 14.8 Å². The largest absolute Gasteiger partial charge is 1.00 e. The molecule has 0 bridgehead atoms. The molecule has 62 heavy (non-hydrogen) atoms. The normalized spacial score (nSPS) is 14.8. The predicted molar refractivity (Wildman–Crippen MR) is 290 cm³/mol. The van der Waals surface area contributed by atoms with E-state index in [1.807, 2.05) is 0 Å². The molecule has 0 aromatic heterocycles. The summed E-state index contributed by atoms with van der Waals surface area (Å²) in [6, 6.07) is 15.1. The van der Waals surface area contributed by atoms with Crippen molar-refractivity contribution in [3.05, 3.63) is 97.6 Å². The Morgan fingerprint density at radius 3 is 0.903 bits per heavy atom. The van der Waals surface area contributed by atoms with E-state index in [1.54, 1.807) is 0 Å². The molecule has 0 radical (unpaired) electrons. The first-order valence-electron chi connectivity index (χ1n) is 22.7. The van der Waals surface area contributed by atoms with Crippen LogP contribution in [0, 0.1) is 0 Å². The smallest absolute Gasteiger partial charge is 0.180 e.